The summed E-state index contributed by atoms with van der Waals surface area (Å²) in [6, 6.07) is 11.6. The van der Waals surface area contributed by atoms with Crippen molar-refractivity contribution in [3.8, 4) is 5.75 Å². The number of ether oxygens (including phenoxy) is 2. The van der Waals surface area contributed by atoms with Gasteiger partial charge in [0.2, 0.25) is 5.89 Å². The second kappa shape index (κ2) is 9.32. The highest BCUT2D eigenvalue weighted by atomic mass is 35.5. The van der Waals surface area contributed by atoms with Gasteiger partial charge in [-0.1, -0.05) is 23.7 Å². The van der Waals surface area contributed by atoms with E-state index in [9.17, 15) is 9.59 Å². The maximum Gasteiger partial charge on any atom is 0.411 e. The molecule has 0 fully saturated rings. The normalized spacial score (nSPS) is 15.2. The number of para-hydroxylation sites is 2. The van der Waals surface area contributed by atoms with E-state index in [0.29, 0.717) is 40.4 Å². The number of fused-ring (bicyclic) bond motifs is 2. The maximum atomic E-state index is 13.2. The summed E-state index contributed by atoms with van der Waals surface area (Å²) in [6.07, 6.45) is -0.0189. The van der Waals surface area contributed by atoms with Crippen molar-refractivity contribution in [1.82, 2.24) is 14.9 Å². The Morgan fingerprint density at radius 2 is 2.12 bits per heavy atom. The van der Waals surface area contributed by atoms with E-state index >= 15 is 0 Å². The van der Waals surface area contributed by atoms with Gasteiger partial charge < -0.3 is 19.0 Å². The molecule has 4 aromatic rings. The minimum atomic E-state index is -1.11. The summed E-state index contributed by atoms with van der Waals surface area (Å²) in [4.78, 5) is 35.5. The van der Waals surface area contributed by atoms with Crippen LogP contribution in [-0.2, 0) is 22.6 Å². The average molecular weight is 500 g/mol. The summed E-state index contributed by atoms with van der Waals surface area (Å²) in [5.74, 6) is -0.512. The van der Waals surface area contributed by atoms with E-state index < -0.39 is 24.7 Å². The minimum absolute atomic E-state index is 0.135. The standard InChI is InChI=1S/C23H18ClN3O6S/c24-13-5-6-17(31-11-20(28)29)14(9-13)21-22-16(25-12-34-22)7-8-27(21)23(30)32-10-19-26-15-3-1-2-4-18(15)33-19/h1-6,9,12,21H,7-8,10-11H2,(H,28,29). The van der Waals surface area contributed by atoms with Crippen LogP contribution in [0.15, 0.2) is 52.4 Å². The Balaban J connectivity index is 1.44. The molecule has 0 aliphatic carbocycles. The molecule has 1 N–H and O–H groups in total. The number of oxazole rings is 1. The quantitative estimate of drug-likeness (QED) is 0.406. The van der Waals surface area contributed by atoms with Crippen LogP contribution in [0.2, 0.25) is 5.02 Å². The SMILES string of the molecule is O=C(O)COc1ccc(Cl)cc1C1c2scnc2CCN1C(=O)OCc1nc2ccccc2o1. The number of thiazole rings is 1. The van der Waals surface area contributed by atoms with Gasteiger partial charge in [-0.05, 0) is 30.3 Å². The molecule has 0 saturated carbocycles. The molecule has 2 aromatic carbocycles. The number of carbonyl (C=O) groups excluding carboxylic acids is 1. The smallest absolute Gasteiger partial charge is 0.411 e. The van der Waals surface area contributed by atoms with E-state index in [0.717, 1.165) is 10.6 Å². The van der Waals surface area contributed by atoms with Crippen molar-refractivity contribution >= 4 is 46.1 Å². The maximum absolute atomic E-state index is 13.2. The molecule has 3 heterocycles. The van der Waals surface area contributed by atoms with Crippen LogP contribution in [0.1, 0.15) is 28.1 Å². The molecule has 0 spiro atoms. The molecule has 1 unspecified atom stereocenters. The summed E-state index contributed by atoms with van der Waals surface area (Å²) >= 11 is 7.67. The van der Waals surface area contributed by atoms with Crippen LogP contribution in [0.3, 0.4) is 0 Å². The summed E-state index contributed by atoms with van der Waals surface area (Å²) in [6.45, 7) is -0.318. The highest BCUT2D eigenvalue weighted by Crippen LogP contribution is 2.42. The zero-order chi connectivity index (χ0) is 23.7. The fourth-order valence-electron chi connectivity index (χ4n) is 3.88. The molecular formula is C23H18ClN3O6S. The molecule has 1 atom stereocenters. The number of carboxylic acid groups (broad SMARTS) is 1. The number of carbonyl (C=O) groups is 2. The fraction of sp³-hybridized carbons (Fsp3) is 0.217. The highest BCUT2D eigenvalue weighted by Gasteiger charge is 2.37. The number of hydrogen-bond acceptors (Lipinski definition) is 8. The summed E-state index contributed by atoms with van der Waals surface area (Å²) in [5, 5.41) is 9.49. The second-order valence-corrected chi connectivity index (χ2v) is 8.83. The highest BCUT2D eigenvalue weighted by molar-refractivity contribution is 7.09. The van der Waals surface area contributed by atoms with Gasteiger partial charge >= 0.3 is 12.1 Å². The number of hydrogen-bond donors (Lipinski definition) is 1. The van der Waals surface area contributed by atoms with Crippen molar-refractivity contribution in [1.29, 1.82) is 0 Å². The van der Waals surface area contributed by atoms with Crippen molar-refractivity contribution < 1.29 is 28.6 Å². The van der Waals surface area contributed by atoms with E-state index in [1.807, 2.05) is 18.2 Å². The Hall–Kier alpha value is -3.63. The molecule has 9 nitrogen and oxygen atoms in total. The zero-order valence-electron chi connectivity index (χ0n) is 17.6. The largest absolute Gasteiger partial charge is 0.482 e. The minimum Gasteiger partial charge on any atom is -0.482 e. The van der Waals surface area contributed by atoms with Crippen LogP contribution in [-0.4, -0.2) is 45.2 Å². The van der Waals surface area contributed by atoms with Crippen molar-refractivity contribution in [2.24, 2.45) is 0 Å². The predicted molar refractivity (Wildman–Crippen MR) is 123 cm³/mol. The van der Waals surface area contributed by atoms with Gasteiger partial charge in [-0.3, -0.25) is 4.90 Å². The summed E-state index contributed by atoms with van der Waals surface area (Å²) < 4.78 is 16.7. The lowest BCUT2D eigenvalue weighted by atomic mass is 9.97. The van der Waals surface area contributed by atoms with Crippen LogP contribution in [0.25, 0.3) is 11.1 Å². The molecule has 2 aromatic heterocycles. The second-order valence-electron chi connectivity index (χ2n) is 7.50. The molecule has 5 rings (SSSR count). The van der Waals surface area contributed by atoms with E-state index in [-0.39, 0.29) is 12.5 Å². The summed E-state index contributed by atoms with van der Waals surface area (Å²) in [5.41, 5.74) is 4.42. The number of aromatic nitrogens is 2. The van der Waals surface area contributed by atoms with E-state index in [1.54, 1.807) is 34.7 Å². The van der Waals surface area contributed by atoms with Crippen molar-refractivity contribution in [2.45, 2.75) is 19.1 Å². The van der Waals surface area contributed by atoms with Crippen molar-refractivity contribution in [3.05, 3.63) is 75.0 Å². The van der Waals surface area contributed by atoms with Gasteiger partial charge in [-0.2, -0.15) is 0 Å². The molecular weight excluding hydrogens is 482 g/mol. The zero-order valence-corrected chi connectivity index (χ0v) is 19.2. The first-order chi connectivity index (χ1) is 16.5. The first-order valence-electron chi connectivity index (χ1n) is 10.3. The van der Waals surface area contributed by atoms with E-state index in [4.69, 9.17) is 30.6 Å². The molecule has 0 saturated heterocycles. The third kappa shape index (κ3) is 4.42. The summed E-state index contributed by atoms with van der Waals surface area (Å²) in [7, 11) is 0. The molecule has 1 aliphatic rings. The van der Waals surface area contributed by atoms with Crippen LogP contribution in [0.4, 0.5) is 4.79 Å². The number of amides is 1. The Bertz CT molecular complexity index is 1340. The van der Waals surface area contributed by atoms with Gasteiger partial charge in [0.05, 0.1) is 16.1 Å². The van der Waals surface area contributed by atoms with Crippen LogP contribution < -0.4 is 4.74 Å². The lowest BCUT2D eigenvalue weighted by Gasteiger charge is -2.35. The number of rotatable bonds is 6. The third-order valence-electron chi connectivity index (χ3n) is 5.33. The van der Waals surface area contributed by atoms with Gasteiger partial charge in [0.15, 0.2) is 18.8 Å². The lowest BCUT2D eigenvalue weighted by molar-refractivity contribution is -0.139. The first-order valence-corrected chi connectivity index (χ1v) is 11.6. The van der Waals surface area contributed by atoms with Crippen LogP contribution in [0.5, 0.6) is 5.75 Å². The molecule has 34 heavy (non-hydrogen) atoms. The van der Waals surface area contributed by atoms with Gasteiger partial charge in [0.25, 0.3) is 0 Å². The molecule has 0 radical (unpaired) electrons. The lowest BCUT2D eigenvalue weighted by Crippen LogP contribution is -2.40. The number of aliphatic carboxylic acids is 1. The average Bonchev–Trinajstić information content (AvgIpc) is 3.47. The van der Waals surface area contributed by atoms with Gasteiger partial charge in [0, 0.05) is 23.6 Å². The molecule has 11 heteroatoms. The number of benzene rings is 2. The van der Waals surface area contributed by atoms with Crippen LogP contribution in [0, 0.1) is 0 Å². The monoisotopic (exact) mass is 499 g/mol. The fourth-order valence-corrected chi connectivity index (χ4v) is 5.03. The van der Waals surface area contributed by atoms with E-state index in [1.165, 1.54) is 11.3 Å². The van der Waals surface area contributed by atoms with Crippen LogP contribution >= 0.6 is 22.9 Å². The van der Waals surface area contributed by atoms with Gasteiger partial charge in [0.1, 0.15) is 17.3 Å². The van der Waals surface area contributed by atoms with E-state index in [2.05, 4.69) is 9.97 Å². The topological polar surface area (TPSA) is 115 Å². The Morgan fingerprint density at radius 3 is 2.94 bits per heavy atom. The van der Waals surface area contributed by atoms with Crippen molar-refractivity contribution in [2.75, 3.05) is 13.2 Å². The number of carboxylic acids is 1. The Morgan fingerprint density at radius 1 is 1.26 bits per heavy atom. The molecule has 1 amide bonds. The third-order valence-corrected chi connectivity index (χ3v) is 6.49. The molecule has 174 valence electrons. The van der Waals surface area contributed by atoms with Gasteiger partial charge in [-0.25, -0.2) is 19.6 Å². The number of halogens is 1. The predicted octanol–water partition coefficient (Wildman–Crippen LogP) is 4.69. The number of nitrogens with zero attached hydrogens (tertiary/aromatic N) is 3. The molecule has 1 aliphatic heterocycles. The van der Waals surface area contributed by atoms with Gasteiger partial charge in [-0.15, -0.1) is 11.3 Å². The first kappa shape index (κ1) is 22.2. The Labute approximate surface area is 202 Å². The molecule has 0 bridgehead atoms. The Kier molecular flexibility index (Phi) is 6.08. The van der Waals surface area contributed by atoms with Crippen molar-refractivity contribution in [3.63, 3.8) is 0 Å².